The van der Waals surface area contributed by atoms with Crippen LogP contribution in [0.1, 0.15) is 35.8 Å². The first kappa shape index (κ1) is 13.1. The molecule has 0 aliphatic heterocycles. The van der Waals surface area contributed by atoms with Gasteiger partial charge in [0.2, 0.25) is 0 Å². The van der Waals surface area contributed by atoms with Crippen LogP contribution in [-0.2, 0) is 0 Å². The quantitative estimate of drug-likeness (QED) is 0.679. The molecule has 100 valence electrons. The summed E-state index contributed by atoms with van der Waals surface area (Å²) >= 11 is 0. The van der Waals surface area contributed by atoms with Crippen LogP contribution in [0, 0.1) is 6.92 Å². The van der Waals surface area contributed by atoms with Gasteiger partial charge in [0.25, 0.3) is 0 Å². The number of benzene rings is 1. The molecule has 2 aromatic rings. The Labute approximate surface area is 112 Å². The van der Waals surface area contributed by atoms with Gasteiger partial charge in [-0.2, -0.15) is 5.10 Å². The minimum absolute atomic E-state index is 0.0981. The highest BCUT2D eigenvalue weighted by molar-refractivity contribution is 5.95. The van der Waals surface area contributed by atoms with Gasteiger partial charge in [-0.05, 0) is 32.9 Å². The lowest BCUT2D eigenvalue weighted by atomic mass is 10.2. The Morgan fingerprint density at radius 3 is 2.47 bits per heavy atom. The second-order valence-electron chi connectivity index (χ2n) is 4.68. The number of carbonyl (C=O) groups excluding carboxylic acids is 1. The van der Waals surface area contributed by atoms with E-state index in [0.29, 0.717) is 11.6 Å². The minimum Gasteiger partial charge on any atom is -0.423 e. The molecule has 0 aliphatic rings. The molecule has 2 rings (SSSR count). The van der Waals surface area contributed by atoms with Gasteiger partial charge in [0.15, 0.2) is 0 Å². The number of hydrogen-bond acceptors (Lipinski definition) is 4. The molecule has 0 saturated heterocycles. The Morgan fingerprint density at radius 2 is 1.95 bits per heavy atom. The number of nitrogens with zero attached hydrogens (tertiary/aromatic N) is 2. The lowest BCUT2D eigenvalue weighted by Crippen LogP contribution is -2.13. The Kier molecular flexibility index (Phi) is 3.55. The van der Waals surface area contributed by atoms with Crippen molar-refractivity contribution in [3.05, 3.63) is 41.6 Å². The highest BCUT2D eigenvalue weighted by atomic mass is 16.5. The summed E-state index contributed by atoms with van der Waals surface area (Å²) < 4.78 is 6.85. The van der Waals surface area contributed by atoms with Crippen molar-refractivity contribution in [2.75, 3.05) is 5.73 Å². The lowest BCUT2D eigenvalue weighted by molar-refractivity contribution is 0.0736. The summed E-state index contributed by atoms with van der Waals surface area (Å²) in [4.78, 5) is 12.0. The van der Waals surface area contributed by atoms with Crippen LogP contribution in [0.3, 0.4) is 0 Å². The van der Waals surface area contributed by atoms with E-state index in [4.69, 9.17) is 10.5 Å². The number of aromatic nitrogens is 2. The van der Waals surface area contributed by atoms with Crippen LogP contribution >= 0.6 is 0 Å². The molecule has 0 unspecified atom stereocenters. The molecule has 0 amide bonds. The van der Waals surface area contributed by atoms with Gasteiger partial charge in [-0.25, -0.2) is 9.48 Å². The predicted octanol–water partition coefficient (Wildman–Crippen LogP) is 2.57. The first-order chi connectivity index (χ1) is 8.99. The Morgan fingerprint density at radius 1 is 1.32 bits per heavy atom. The standard InChI is InChI=1S/C14H17N3O2/c1-9(2)17-13(15)12(8-16-17)14(18)19-11-6-4-10(3)5-7-11/h4-9H,15H2,1-3H3. The number of ether oxygens (including phenoxy) is 1. The van der Waals surface area contributed by atoms with Gasteiger partial charge < -0.3 is 10.5 Å². The topological polar surface area (TPSA) is 70.1 Å². The fraction of sp³-hybridized carbons (Fsp3) is 0.286. The smallest absolute Gasteiger partial charge is 0.348 e. The van der Waals surface area contributed by atoms with Gasteiger partial charge in [0.1, 0.15) is 17.1 Å². The zero-order chi connectivity index (χ0) is 14.0. The maximum absolute atomic E-state index is 12.0. The summed E-state index contributed by atoms with van der Waals surface area (Å²) in [7, 11) is 0. The highest BCUT2D eigenvalue weighted by Crippen LogP contribution is 2.19. The van der Waals surface area contributed by atoms with Crippen molar-refractivity contribution in [1.82, 2.24) is 9.78 Å². The van der Waals surface area contributed by atoms with Gasteiger partial charge in [0.05, 0.1) is 6.20 Å². The molecule has 1 heterocycles. The molecular formula is C14H17N3O2. The normalized spacial score (nSPS) is 10.7. The first-order valence-electron chi connectivity index (χ1n) is 6.11. The molecule has 1 aromatic heterocycles. The van der Waals surface area contributed by atoms with E-state index in [1.54, 1.807) is 16.8 Å². The molecule has 1 aromatic carbocycles. The highest BCUT2D eigenvalue weighted by Gasteiger charge is 2.18. The lowest BCUT2D eigenvalue weighted by Gasteiger charge is -2.08. The van der Waals surface area contributed by atoms with Crippen molar-refractivity contribution in [3.8, 4) is 5.75 Å². The van der Waals surface area contributed by atoms with E-state index in [9.17, 15) is 4.79 Å². The maximum atomic E-state index is 12.0. The number of nitrogen functional groups attached to an aromatic ring is 1. The summed E-state index contributed by atoms with van der Waals surface area (Å²) in [5.41, 5.74) is 7.27. The molecule has 0 atom stereocenters. The maximum Gasteiger partial charge on any atom is 0.348 e. The van der Waals surface area contributed by atoms with Crippen molar-refractivity contribution in [1.29, 1.82) is 0 Å². The summed E-state index contributed by atoms with van der Waals surface area (Å²) in [6.45, 7) is 5.85. The summed E-state index contributed by atoms with van der Waals surface area (Å²) in [5.74, 6) is 0.327. The van der Waals surface area contributed by atoms with Gasteiger partial charge in [-0.1, -0.05) is 17.7 Å². The summed E-state index contributed by atoms with van der Waals surface area (Å²) in [5, 5.41) is 4.08. The van der Waals surface area contributed by atoms with Crippen LogP contribution in [0.4, 0.5) is 5.82 Å². The number of rotatable bonds is 3. The Balaban J connectivity index is 2.18. The largest absolute Gasteiger partial charge is 0.423 e. The molecule has 5 heteroatoms. The fourth-order valence-electron chi connectivity index (χ4n) is 1.71. The average molecular weight is 259 g/mol. The van der Waals surface area contributed by atoms with E-state index < -0.39 is 5.97 Å². The van der Waals surface area contributed by atoms with Crippen LogP contribution < -0.4 is 10.5 Å². The van der Waals surface area contributed by atoms with E-state index in [-0.39, 0.29) is 11.6 Å². The fourth-order valence-corrected chi connectivity index (χ4v) is 1.71. The predicted molar refractivity (Wildman–Crippen MR) is 73.2 cm³/mol. The third-order valence-electron chi connectivity index (χ3n) is 2.77. The zero-order valence-corrected chi connectivity index (χ0v) is 11.3. The Hall–Kier alpha value is -2.30. The molecule has 0 fully saturated rings. The SMILES string of the molecule is Cc1ccc(OC(=O)c2cnn(C(C)C)c2N)cc1. The van der Waals surface area contributed by atoms with Crippen LogP contribution in [0.25, 0.3) is 0 Å². The average Bonchev–Trinajstić information content (AvgIpc) is 2.74. The molecule has 0 spiro atoms. The second-order valence-corrected chi connectivity index (χ2v) is 4.68. The molecule has 0 radical (unpaired) electrons. The number of nitrogens with two attached hydrogens (primary N) is 1. The van der Waals surface area contributed by atoms with E-state index in [0.717, 1.165) is 5.56 Å². The number of anilines is 1. The second kappa shape index (κ2) is 5.14. The van der Waals surface area contributed by atoms with Crippen molar-refractivity contribution in [2.45, 2.75) is 26.8 Å². The van der Waals surface area contributed by atoms with Crippen molar-refractivity contribution in [3.63, 3.8) is 0 Å². The van der Waals surface area contributed by atoms with E-state index >= 15 is 0 Å². The third-order valence-corrected chi connectivity index (χ3v) is 2.77. The monoisotopic (exact) mass is 259 g/mol. The summed E-state index contributed by atoms with van der Waals surface area (Å²) in [6, 6.07) is 7.35. The molecule has 19 heavy (non-hydrogen) atoms. The van der Waals surface area contributed by atoms with Crippen LogP contribution in [0.2, 0.25) is 0 Å². The molecule has 0 bridgehead atoms. The van der Waals surface area contributed by atoms with Gasteiger partial charge in [0, 0.05) is 6.04 Å². The third kappa shape index (κ3) is 2.76. The van der Waals surface area contributed by atoms with E-state index in [1.165, 1.54) is 6.20 Å². The molecule has 5 nitrogen and oxygen atoms in total. The molecule has 2 N–H and O–H groups in total. The van der Waals surface area contributed by atoms with E-state index in [2.05, 4.69) is 5.10 Å². The first-order valence-corrected chi connectivity index (χ1v) is 6.11. The molecular weight excluding hydrogens is 242 g/mol. The zero-order valence-electron chi connectivity index (χ0n) is 11.3. The van der Waals surface area contributed by atoms with Crippen molar-refractivity contribution in [2.24, 2.45) is 0 Å². The molecule has 0 saturated carbocycles. The number of esters is 1. The van der Waals surface area contributed by atoms with Crippen LogP contribution in [0.15, 0.2) is 30.5 Å². The molecule has 0 aliphatic carbocycles. The number of carbonyl (C=O) groups is 1. The Bertz CT molecular complexity index is 585. The van der Waals surface area contributed by atoms with Gasteiger partial charge in [-0.15, -0.1) is 0 Å². The summed E-state index contributed by atoms with van der Waals surface area (Å²) in [6.07, 6.45) is 1.44. The minimum atomic E-state index is -0.492. The van der Waals surface area contributed by atoms with Crippen LogP contribution in [0.5, 0.6) is 5.75 Å². The van der Waals surface area contributed by atoms with Crippen molar-refractivity contribution >= 4 is 11.8 Å². The van der Waals surface area contributed by atoms with Crippen molar-refractivity contribution < 1.29 is 9.53 Å². The number of aryl methyl sites for hydroxylation is 1. The van der Waals surface area contributed by atoms with Gasteiger partial charge in [-0.3, -0.25) is 0 Å². The van der Waals surface area contributed by atoms with Crippen LogP contribution in [-0.4, -0.2) is 15.7 Å². The number of hydrogen-bond donors (Lipinski definition) is 1. The van der Waals surface area contributed by atoms with Gasteiger partial charge >= 0.3 is 5.97 Å². The van der Waals surface area contributed by atoms with E-state index in [1.807, 2.05) is 32.9 Å².